The Morgan fingerprint density at radius 1 is 0.756 bits per heavy atom. The Kier molecular flexibility index (Phi) is 6.45. The molecule has 1 aliphatic heterocycles. The summed E-state index contributed by atoms with van der Waals surface area (Å²) >= 11 is 5.98. The molecule has 6 heteroatoms. The molecule has 0 aliphatic carbocycles. The molecule has 6 aromatic rings. The van der Waals surface area contributed by atoms with Gasteiger partial charge < -0.3 is 19.5 Å². The standard InChI is InChI=1S/C35H28N4OS/c1-24-9-2-5-14-32(24)40-29-19-17-27(18-20-29)39-34(33(37-35(39)41)30-12-6-7-21-36-30)31-13-8-22-38(31)28-16-15-25-10-3-4-11-26(25)23-28/h2-23,33-34H,1H3,(H,37,41)/t33-,34-/m1/s1. The van der Waals surface area contributed by atoms with Gasteiger partial charge in [0.25, 0.3) is 0 Å². The van der Waals surface area contributed by atoms with Crippen LogP contribution in [0.15, 0.2) is 134 Å². The quantitative estimate of drug-likeness (QED) is 0.211. The van der Waals surface area contributed by atoms with Gasteiger partial charge in [-0.2, -0.15) is 0 Å². The van der Waals surface area contributed by atoms with E-state index in [-0.39, 0.29) is 12.1 Å². The van der Waals surface area contributed by atoms with Gasteiger partial charge in [0.05, 0.1) is 11.7 Å². The number of pyridine rings is 1. The fourth-order valence-electron chi connectivity index (χ4n) is 5.60. The number of anilines is 1. The lowest BCUT2D eigenvalue weighted by Crippen LogP contribution is -2.30. The van der Waals surface area contributed by atoms with E-state index >= 15 is 0 Å². The Morgan fingerprint density at radius 2 is 1.51 bits per heavy atom. The maximum Gasteiger partial charge on any atom is 0.174 e. The van der Waals surface area contributed by atoms with Crippen molar-refractivity contribution in [1.29, 1.82) is 0 Å². The first-order valence-electron chi connectivity index (χ1n) is 13.7. The highest BCUT2D eigenvalue weighted by molar-refractivity contribution is 7.80. The van der Waals surface area contributed by atoms with E-state index in [9.17, 15) is 0 Å². The number of hydrogen-bond donors (Lipinski definition) is 1. The number of aryl methyl sites for hydroxylation is 1. The lowest BCUT2D eigenvalue weighted by atomic mass is 10.0. The van der Waals surface area contributed by atoms with Gasteiger partial charge in [0.2, 0.25) is 0 Å². The van der Waals surface area contributed by atoms with Crippen LogP contribution in [-0.4, -0.2) is 14.7 Å². The second-order valence-corrected chi connectivity index (χ2v) is 10.6. The summed E-state index contributed by atoms with van der Waals surface area (Å²) in [5.74, 6) is 1.62. The summed E-state index contributed by atoms with van der Waals surface area (Å²) in [5.41, 5.74) is 5.23. The number of ether oxygens (including phenoxy) is 1. The number of para-hydroxylation sites is 1. The van der Waals surface area contributed by atoms with Crippen molar-refractivity contribution in [2.75, 3.05) is 4.90 Å². The minimum atomic E-state index is -0.138. The molecule has 0 radical (unpaired) electrons. The number of fused-ring (bicyclic) bond motifs is 1. The summed E-state index contributed by atoms with van der Waals surface area (Å²) in [6.45, 7) is 2.05. The summed E-state index contributed by atoms with van der Waals surface area (Å²) in [6.07, 6.45) is 3.95. The largest absolute Gasteiger partial charge is 0.457 e. The van der Waals surface area contributed by atoms with Gasteiger partial charge in [-0.15, -0.1) is 0 Å². The molecule has 0 amide bonds. The van der Waals surface area contributed by atoms with Crippen molar-refractivity contribution in [3.8, 4) is 17.2 Å². The van der Waals surface area contributed by atoms with Crippen molar-refractivity contribution in [2.45, 2.75) is 19.0 Å². The number of rotatable bonds is 6. The molecule has 41 heavy (non-hydrogen) atoms. The van der Waals surface area contributed by atoms with E-state index < -0.39 is 0 Å². The van der Waals surface area contributed by atoms with E-state index in [1.807, 2.05) is 61.7 Å². The molecular formula is C35H28N4OS. The molecule has 1 N–H and O–H groups in total. The lowest BCUT2D eigenvalue weighted by Gasteiger charge is -2.29. The van der Waals surface area contributed by atoms with Gasteiger partial charge >= 0.3 is 0 Å². The van der Waals surface area contributed by atoms with Crippen LogP contribution in [0.2, 0.25) is 0 Å². The van der Waals surface area contributed by atoms with Crippen LogP contribution in [-0.2, 0) is 0 Å². The number of nitrogens with one attached hydrogen (secondary N) is 1. The smallest absolute Gasteiger partial charge is 0.174 e. The summed E-state index contributed by atoms with van der Waals surface area (Å²) in [7, 11) is 0. The van der Waals surface area contributed by atoms with Crippen molar-refractivity contribution < 1.29 is 4.74 Å². The van der Waals surface area contributed by atoms with Gasteiger partial charge in [-0.3, -0.25) is 4.98 Å². The van der Waals surface area contributed by atoms with Crippen LogP contribution in [0.1, 0.15) is 29.0 Å². The van der Waals surface area contributed by atoms with Crippen molar-refractivity contribution in [2.24, 2.45) is 0 Å². The monoisotopic (exact) mass is 552 g/mol. The van der Waals surface area contributed by atoms with Crippen molar-refractivity contribution >= 4 is 33.8 Å². The average molecular weight is 553 g/mol. The van der Waals surface area contributed by atoms with Gasteiger partial charge in [0, 0.05) is 29.5 Å². The molecule has 7 rings (SSSR count). The van der Waals surface area contributed by atoms with E-state index in [4.69, 9.17) is 21.9 Å². The summed E-state index contributed by atoms with van der Waals surface area (Å²) in [6, 6.07) is 41.2. The van der Waals surface area contributed by atoms with E-state index in [0.29, 0.717) is 5.11 Å². The van der Waals surface area contributed by atoms with Crippen LogP contribution < -0.4 is 15.0 Å². The first-order valence-corrected chi connectivity index (χ1v) is 14.1. The molecule has 3 heterocycles. The van der Waals surface area contributed by atoms with Gasteiger partial charge in [-0.1, -0.05) is 54.6 Å². The van der Waals surface area contributed by atoms with E-state index in [1.54, 1.807) is 0 Å². The fraction of sp³-hybridized carbons (Fsp3) is 0.0857. The van der Waals surface area contributed by atoms with Crippen LogP contribution >= 0.6 is 12.2 Å². The molecule has 2 atom stereocenters. The number of thiocarbonyl (C=S) groups is 1. The van der Waals surface area contributed by atoms with Crippen LogP contribution in [0, 0.1) is 6.92 Å². The third-order valence-electron chi connectivity index (χ3n) is 7.63. The number of hydrogen-bond acceptors (Lipinski definition) is 3. The maximum absolute atomic E-state index is 6.17. The van der Waals surface area contributed by atoms with Crippen molar-refractivity contribution in [1.82, 2.24) is 14.9 Å². The minimum absolute atomic E-state index is 0.137. The summed E-state index contributed by atoms with van der Waals surface area (Å²) in [4.78, 5) is 6.91. The molecule has 1 saturated heterocycles. The third kappa shape index (κ3) is 4.72. The van der Waals surface area contributed by atoms with Gasteiger partial charge in [-0.05, 0) is 102 Å². The highest BCUT2D eigenvalue weighted by Gasteiger charge is 2.42. The highest BCUT2D eigenvalue weighted by Crippen LogP contribution is 2.43. The van der Waals surface area contributed by atoms with E-state index in [0.717, 1.165) is 39.8 Å². The molecule has 1 aliphatic rings. The highest BCUT2D eigenvalue weighted by atomic mass is 32.1. The Hall–Kier alpha value is -4.94. The maximum atomic E-state index is 6.17. The molecule has 4 aromatic carbocycles. The van der Waals surface area contributed by atoms with Crippen LogP contribution in [0.25, 0.3) is 16.5 Å². The van der Waals surface area contributed by atoms with E-state index in [2.05, 4.69) is 93.8 Å². The summed E-state index contributed by atoms with van der Waals surface area (Å²) in [5, 5.41) is 6.65. The Bertz CT molecular complexity index is 1850. The van der Waals surface area contributed by atoms with Crippen LogP contribution in [0.3, 0.4) is 0 Å². The molecule has 0 saturated carbocycles. The Morgan fingerprint density at radius 3 is 2.32 bits per heavy atom. The normalized spacial score (nSPS) is 16.6. The number of nitrogens with zero attached hydrogens (tertiary/aromatic N) is 3. The van der Waals surface area contributed by atoms with Gasteiger partial charge in [0.1, 0.15) is 17.5 Å². The molecule has 0 unspecified atom stereocenters. The van der Waals surface area contributed by atoms with Crippen molar-refractivity contribution in [3.05, 3.63) is 151 Å². The zero-order valence-corrected chi connectivity index (χ0v) is 23.3. The molecule has 5 nitrogen and oxygen atoms in total. The Labute approximate surface area is 244 Å². The second-order valence-electron chi connectivity index (χ2n) is 10.2. The SMILES string of the molecule is Cc1ccccc1Oc1ccc(N2C(=S)N[C@H](c3ccccn3)[C@H]2c2cccn2-c2ccc3ccccc3c2)cc1. The molecule has 0 bridgehead atoms. The van der Waals surface area contributed by atoms with Crippen molar-refractivity contribution in [3.63, 3.8) is 0 Å². The molecule has 200 valence electrons. The number of benzene rings is 4. The predicted molar refractivity (Wildman–Crippen MR) is 169 cm³/mol. The first kappa shape index (κ1) is 25.1. The minimum Gasteiger partial charge on any atom is -0.457 e. The number of aromatic nitrogens is 2. The van der Waals surface area contributed by atoms with E-state index in [1.165, 1.54) is 10.8 Å². The molecule has 0 spiro atoms. The second kappa shape index (κ2) is 10.6. The molecule has 2 aromatic heterocycles. The Balaban J connectivity index is 1.29. The molecular weight excluding hydrogens is 524 g/mol. The molecule has 1 fully saturated rings. The zero-order valence-electron chi connectivity index (χ0n) is 22.5. The van der Waals surface area contributed by atoms with Gasteiger partial charge in [0.15, 0.2) is 5.11 Å². The first-order chi connectivity index (χ1) is 20.2. The summed E-state index contributed by atoms with van der Waals surface area (Å²) < 4.78 is 8.43. The predicted octanol–water partition coefficient (Wildman–Crippen LogP) is 8.30. The topological polar surface area (TPSA) is 42.3 Å². The fourth-order valence-corrected chi connectivity index (χ4v) is 5.95. The average Bonchev–Trinajstić information content (AvgIpc) is 3.63. The van der Waals surface area contributed by atoms with Gasteiger partial charge in [-0.25, -0.2) is 0 Å². The van der Waals surface area contributed by atoms with Crippen LogP contribution in [0.4, 0.5) is 5.69 Å². The lowest BCUT2D eigenvalue weighted by molar-refractivity contribution is 0.479. The zero-order chi connectivity index (χ0) is 27.8. The van der Waals surface area contributed by atoms with Crippen LogP contribution in [0.5, 0.6) is 11.5 Å². The third-order valence-corrected chi connectivity index (χ3v) is 7.94.